The Kier molecular flexibility index (Phi) is 3.35. The Morgan fingerprint density at radius 3 is 2.69 bits per heavy atom. The first-order valence-corrected chi connectivity index (χ1v) is 5.50. The number of nitriles is 1. The third kappa shape index (κ3) is 2.30. The number of nitrogens with zero attached hydrogens (tertiary/aromatic N) is 3. The average Bonchev–Trinajstić information content (AvgIpc) is 2.39. The summed E-state index contributed by atoms with van der Waals surface area (Å²) < 4.78 is 12.4. The second kappa shape index (κ2) is 4.93. The van der Waals surface area contributed by atoms with Crippen LogP contribution in [-0.4, -0.2) is 24.7 Å². The molecule has 0 N–H and O–H groups in total. The van der Waals surface area contributed by atoms with Gasteiger partial charge in [-0.15, -0.1) is 0 Å². The Hall–Kier alpha value is -1.63. The quantitative estimate of drug-likeness (QED) is 0.765. The molecule has 1 aliphatic rings. The lowest BCUT2D eigenvalue weighted by molar-refractivity contribution is 0.307. The molecule has 0 amide bonds. The summed E-state index contributed by atoms with van der Waals surface area (Å²) in [5.41, 5.74) is 0.572. The highest BCUT2D eigenvalue weighted by Crippen LogP contribution is 2.21. The van der Waals surface area contributed by atoms with E-state index in [0.29, 0.717) is 5.56 Å². The summed E-state index contributed by atoms with van der Waals surface area (Å²) >= 11 is 0. The van der Waals surface area contributed by atoms with Gasteiger partial charge < -0.3 is 4.90 Å². The van der Waals surface area contributed by atoms with Crippen LogP contribution in [0.1, 0.15) is 18.4 Å². The first-order valence-electron chi connectivity index (χ1n) is 5.50. The Bertz CT molecular complexity index is 374. The summed E-state index contributed by atoms with van der Waals surface area (Å²) in [5.74, 6) is 1.10. The zero-order valence-electron chi connectivity index (χ0n) is 9.06. The van der Waals surface area contributed by atoms with Gasteiger partial charge in [-0.1, -0.05) is 0 Å². The molecule has 0 radical (unpaired) electrons. The van der Waals surface area contributed by atoms with Crippen LogP contribution in [0, 0.1) is 17.2 Å². The Morgan fingerprint density at radius 1 is 1.44 bits per heavy atom. The van der Waals surface area contributed by atoms with Gasteiger partial charge in [0.1, 0.15) is 11.9 Å². The standard InChI is InChI=1S/C12H14FN3/c13-7-10-3-5-16(6-4-10)12-2-1-11(8-14)9-15-12/h1-2,9-10H,3-7H2. The molecule has 0 aromatic carbocycles. The van der Waals surface area contributed by atoms with E-state index in [1.165, 1.54) is 0 Å². The molecule has 2 rings (SSSR count). The van der Waals surface area contributed by atoms with Crippen LogP contribution >= 0.6 is 0 Å². The van der Waals surface area contributed by atoms with Crippen molar-refractivity contribution in [3.63, 3.8) is 0 Å². The Morgan fingerprint density at radius 2 is 2.19 bits per heavy atom. The second-order valence-corrected chi connectivity index (χ2v) is 4.10. The van der Waals surface area contributed by atoms with E-state index in [0.717, 1.165) is 31.7 Å². The lowest BCUT2D eigenvalue weighted by atomic mass is 9.98. The predicted octanol–water partition coefficient (Wildman–Crippen LogP) is 2.14. The molecular weight excluding hydrogens is 205 g/mol. The maximum Gasteiger partial charge on any atom is 0.128 e. The lowest BCUT2D eigenvalue weighted by Gasteiger charge is -2.31. The van der Waals surface area contributed by atoms with E-state index < -0.39 is 0 Å². The highest BCUT2D eigenvalue weighted by Gasteiger charge is 2.19. The van der Waals surface area contributed by atoms with Crippen molar-refractivity contribution in [2.24, 2.45) is 5.92 Å². The van der Waals surface area contributed by atoms with E-state index in [4.69, 9.17) is 5.26 Å². The predicted molar refractivity (Wildman–Crippen MR) is 59.9 cm³/mol. The van der Waals surface area contributed by atoms with Crippen LogP contribution in [0.25, 0.3) is 0 Å². The summed E-state index contributed by atoms with van der Waals surface area (Å²) in [6, 6.07) is 5.67. The number of halogens is 1. The third-order valence-electron chi connectivity index (χ3n) is 3.03. The smallest absolute Gasteiger partial charge is 0.128 e. The highest BCUT2D eigenvalue weighted by molar-refractivity contribution is 5.42. The number of aromatic nitrogens is 1. The van der Waals surface area contributed by atoms with E-state index in [1.807, 2.05) is 12.1 Å². The van der Waals surface area contributed by atoms with E-state index in [-0.39, 0.29) is 12.6 Å². The lowest BCUT2D eigenvalue weighted by Crippen LogP contribution is -2.34. The molecule has 0 aliphatic carbocycles. The van der Waals surface area contributed by atoms with Crippen molar-refractivity contribution in [2.75, 3.05) is 24.7 Å². The van der Waals surface area contributed by atoms with E-state index >= 15 is 0 Å². The molecule has 1 aromatic rings. The number of alkyl halides is 1. The van der Waals surface area contributed by atoms with Crippen LogP contribution in [0.15, 0.2) is 18.3 Å². The van der Waals surface area contributed by atoms with Crippen LogP contribution in [0.2, 0.25) is 0 Å². The molecule has 1 aromatic heterocycles. The van der Waals surface area contributed by atoms with E-state index in [9.17, 15) is 4.39 Å². The molecule has 2 heterocycles. The van der Waals surface area contributed by atoms with Crippen LogP contribution in [0.4, 0.5) is 10.2 Å². The third-order valence-corrected chi connectivity index (χ3v) is 3.03. The molecule has 1 fully saturated rings. The zero-order valence-corrected chi connectivity index (χ0v) is 9.06. The van der Waals surface area contributed by atoms with Gasteiger partial charge in [-0.05, 0) is 30.9 Å². The van der Waals surface area contributed by atoms with Gasteiger partial charge >= 0.3 is 0 Å². The summed E-state index contributed by atoms with van der Waals surface area (Å²) in [6.07, 6.45) is 3.35. The molecular formula is C12H14FN3. The van der Waals surface area contributed by atoms with Gasteiger partial charge in [0.05, 0.1) is 12.2 Å². The summed E-state index contributed by atoms with van der Waals surface area (Å²) in [4.78, 5) is 6.38. The molecule has 0 atom stereocenters. The molecule has 4 heteroatoms. The minimum Gasteiger partial charge on any atom is -0.357 e. The van der Waals surface area contributed by atoms with Crippen LogP contribution in [0.5, 0.6) is 0 Å². The summed E-state index contributed by atoms with van der Waals surface area (Å²) in [6.45, 7) is 1.50. The van der Waals surface area contributed by atoms with Gasteiger partial charge in [0.2, 0.25) is 0 Å². The van der Waals surface area contributed by atoms with E-state index in [1.54, 1.807) is 12.3 Å². The molecule has 16 heavy (non-hydrogen) atoms. The SMILES string of the molecule is N#Cc1ccc(N2CCC(CF)CC2)nc1. The van der Waals surface area contributed by atoms with Crippen molar-refractivity contribution >= 4 is 5.82 Å². The fourth-order valence-electron chi connectivity index (χ4n) is 1.96. The van der Waals surface area contributed by atoms with Crippen molar-refractivity contribution in [1.29, 1.82) is 5.26 Å². The van der Waals surface area contributed by atoms with Crippen molar-refractivity contribution < 1.29 is 4.39 Å². The molecule has 1 aliphatic heterocycles. The summed E-state index contributed by atoms with van der Waals surface area (Å²) in [5, 5.41) is 8.66. The monoisotopic (exact) mass is 219 g/mol. The van der Waals surface area contributed by atoms with Crippen molar-refractivity contribution in [2.45, 2.75) is 12.8 Å². The fourth-order valence-corrected chi connectivity index (χ4v) is 1.96. The molecule has 0 unspecified atom stereocenters. The van der Waals surface area contributed by atoms with Gasteiger partial charge in [-0.25, -0.2) is 4.98 Å². The molecule has 0 saturated carbocycles. The zero-order chi connectivity index (χ0) is 11.4. The van der Waals surface area contributed by atoms with Crippen molar-refractivity contribution in [3.8, 4) is 6.07 Å². The van der Waals surface area contributed by atoms with Gasteiger partial charge in [0.15, 0.2) is 0 Å². The maximum absolute atomic E-state index is 12.4. The number of pyridine rings is 1. The van der Waals surface area contributed by atoms with Gasteiger partial charge in [-0.2, -0.15) is 5.26 Å². The first-order chi connectivity index (χ1) is 7.83. The largest absolute Gasteiger partial charge is 0.357 e. The maximum atomic E-state index is 12.4. The first kappa shape index (κ1) is 10.9. The number of hydrogen-bond acceptors (Lipinski definition) is 3. The minimum atomic E-state index is -0.214. The molecule has 3 nitrogen and oxygen atoms in total. The van der Waals surface area contributed by atoms with Crippen LogP contribution in [-0.2, 0) is 0 Å². The minimum absolute atomic E-state index is 0.214. The fraction of sp³-hybridized carbons (Fsp3) is 0.500. The summed E-state index contributed by atoms with van der Waals surface area (Å²) in [7, 11) is 0. The number of anilines is 1. The highest BCUT2D eigenvalue weighted by atomic mass is 19.1. The number of piperidine rings is 1. The van der Waals surface area contributed by atoms with Crippen molar-refractivity contribution in [1.82, 2.24) is 4.98 Å². The second-order valence-electron chi connectivity index (χ2n) is 4.10. The van der Waals surface area contributed by atoms with Crippen LogP contribution in [0.3, 0.4) is 0 Å². The van der Waals surface area contributed by atoms with Crippen LogP contribution < -0.4 is 4.90 Å². The topological polar surface area (TPSA) is 39.9 Å². The molecule has 84 valence electrons. The number of rotatable bonds is 2. The van der Waals surface area contributed by atoms with Gasteiger partial charge in [0.25, 0.3) is 0 Å². The van der Waals surface area contributed by atoms with Crippen molar-refractivity contribution in [3.05, 3.63) is 23.9 Å². The Balaban J connectivity index is 2.00. The molecule has 0 bridgehead atoms. The molecule has 1 saturated heterocycles. The molecule has 0 spiro atoms. The normalized spacial score (nSPS) is 17.1. The van der Waals surface area contributed by atoms with Gasteiger partial charge in [0, 0.05) is 19.3 Å². The van der Waals surface area contributed by atoms with Gasteiger partial charge in [-0.3, -0.25) is 4.39 Å². The average molecular weight is 219 g/mol. The Labute approximate surface area is 94.5 Å². The number of hydrogen-bond donors (Lipinski definition) is 0. The van der Waals surface area contributed by atoms with E-state index in [2.05, 4.69) is 9.88 Å².